The average molecular weight is 628 g/mol. The molecule has 2 aromatic carbocycles. The lowest BCUT2D eigenvalue weighted by molar-refractivity contribution is -0.144. The molecule has 2 unspecified atom stereocenters. The summed E-state index contributed by atoms with van der Waals surface area (Å²) in [4.78, 5) is 54.7. The summed E-state index contributed by atoms with van der Waals surface area (Å²) >= 11 is 6.32. The molecule has 0 bridgehead atoms. The van der Waals surface area contributed by atoms with Crippen LogP contribution in [-0.4, -0.2) is 59.1 Å². The van der Waals surface area contributed by atoms with Crippen LogP contribution in [-0.2, 0) is 25.6 Å². The van der Waals surface area contributed by atoms with E-state index in [1.807, 2.05) is 30.3 Å². The van der Waals surface area contributed by atoms with E-state index in [0.29, 0.717) is 6.61 Å². The van der Waals surface area contributed by atoms with Gasteiger partial charge in [-0.3, -0.25) is 14.5 Å². The number of carbonyl (C=O) groups is 4. The number of urea groups is 1. The van der Waals surface area contributed by atoms with E-state index in [9.17, 15) is 19.2 Å². The zero-order chi connectivity index (χ0) is 31.9. The fourth-order valence-electron chi connectivity index (χ4n) is 5.13. The summed E-state index contributed by atoms with van der Waals surface area (Å²) in [5.41, 5.74) is 1.24. The number of nitrogens with one attached hydrogen (secondary N) is 1. The quantitative estimate of drug-likeness (QED) is 0.0978. The van der Waals surface area contributed by atoms with Gasteiger partial charge >= 0.3 is 12.0 Å². The Morgan fingerprint density at radius 3 is 2.18 bits per heavy atom. The van der Waals surface area contributed by atoms with Crippen LogP contribution in [0.4, 0.5) is 10.5 Å². The minimum Gasteiger partial charge on any atom is -0.462 e. The predicted octanol–water partition coefficient (Wildman–Crippen LogP) is 7.57. The second kappa shape index (κ2) is 18.4. The van der Waals surface area contributed by atoms with Gasteiger partial charge < -0.3 is 14.8 Å². The second-order valence-electron chi connectivity index (χ2n) is 11.1. The Hall–Kier alpha value is -3.43. The van der Waals surface area contributed by atoms with Gasteiger partial charge in [-0.05, 0) is 44.0 Å². The van der Waals surface area contributed by atoms with Gasteiger partial charge in [0.2, 0.25) is 12.1 Å². The Kier molecular flexibility index (Phi) is 14.7. The molecule has 1 N–H and O–H groups in total. The lowest BCUT2D eigenvalue weighted by atomic mass is 10.1. The molecule has 3 rings (SSSR count). The van der Waals surface area contributed by atoms with Crippen molar-refractivity contribution in [1.29, 1.82) is 0 Å². The molecule has 2 aromatic rings. The summed E-state index contributed by atoms with van der Waals surface area (Å²) in [6.45, 7) is 6.08. The highest BCUT2D eigenvalue weighted by atomic mass is 35.5. The first-order chi connectivity index (χ1) is 21.3. The molecular weight excluding hydrogens is 582 g/mol. The fourth-order valence-corrected chi connectivity index (χ4v) is 5.30. The summed E-state index contributed by atoms with van der Waals surface area (Å²) in [6, 6.07) is 11.9. The molecule has 9 nitrogen and oxygen atoms in total. The number of esters is 1. The monoisotopic (exact) mass is 627 g/mol. The topological polar surface area (TPSA) is 105 Å². The van der Waals surface area contributed by atoms with Gasteiger partial charge in [-0.15, -0.1) is 0 Å². The van der Waals surface area contributed by atoms with Crippen LogP contribution in [0.3, 0.4) is 0 Å². The standard InChI is InChI=1S/C34H46ClN3O6/c1-4-6-7-8-9-10-11-12-13-17-22-44-33(41)27-20-21-28(35)29(23-27)36-30(39)25(3)38-31(40)32(43-5-2)37(34(38)42)24-26-18-15-14-16-19-26/h14-16,18-21,23,25,32H,4-13,17,22,24H2,1-3H3,(H,36,39). The van der Waals surface area contributed by atoms with Crippen LogP contribution in [0.1, 0.15) is 101 Å². The molecule has 0 radical (unpaired) electrons. The SMILES string of the molecule is CCCCCCCCCCCCOC(=O)c1ccc(Cl)c(NC(=O)C(C)N2C(=O)C(OCC)N(Cc3ccccc3)C2=O)c1. The second-order valence-corrected chi connectivity index (χ2v) is 11.5. The Bertz CT molecular complexity index is 1240. The van der Waals surface area contributed by atoms with Gasteiger partial charge in [0.05, 0.1) is 29.4 Å². The molecule has 4 amide bonds. The fraction of sp³-hybridized carbons (Fsp3) is 0.529. The van der Waals surface area contributed by atoms with E-state index in [0.717, 1.165) is 29.7 Å². The van der Waals surface area contributed by atoms with Gasteiger partial charge in [-0.25, -0.2) is 14.5 Å². The summed E-state index contributed by atoms with van der Waals surface area (Å²) in [5.74, 6) is -1.77. The molecule has 0 saturated carbocycles. The molecule has 1 fully saturated rings. The first-order valence-corrected chi connectivity index (χ1v) is 16.2. The molecule has 0 spiro atoms. The maximum absolute atomic E-state index is 13.3. The minimum absolute atomic E-state index is 0.149. The van der Waals surface area contributed by atoms with Gasteiger partial charge in [-0.2, -0.15) is 0 Å². The Balaban J connectivity index is 1.52. The number of ether oxygens (including phenoxy) is 2. The maximum Gasteiger partial charge on any atom is 0.338 e. The summed E-state index contributed by atoms with van der Waals surface area (Å²) in [5, 5.41) is 2.86. The van der Waals surface area contributed by atoms with Gasteiger partial charge in [0, 0.05) is 6.61 Å². The van der Waals surface area contributed by atoms with Crippen LogP contribution in [0.15, 0.2) is 48.5 Å². The van der Waals surface area contributed by atoms with E-state index < -0.39 is 36.1 Å². The van der Waals surface area contributed by atoms with Crippen molar-refractivity contribution in [1.82, 2.24) is 9.80 Å². The van der Waals surface area contributed by atoms with Crippen LogP contribution in [0.2, 0.25) is 5.02 Å². The normalized spacial score (nSPS) is 15.5. The highest BCUT2D eigenvalue weighted by Gasteiger charge is 2.49. The highest BCUT2D eigenvalue weighted by molar-refractivity contribution is 6.34. The number of carbonyl (C=O) groups excluding carboxylic acids is 4. The molecule has 10 heteroatoms. The maximum atomic E-state index is 13.3. The third kappa shape index (κ3) is 10.1. The summed E-state index contributed by atoms with van der Waals surface area (Å²) in [7, 11) is 0. The van der Waals surface area contributed by atoms with Gasteiger partial charge in [0.1, 0.15) is 6.04 Å². The Morgan fingerprint density at radius 2 is 1.55 bits per heavy atom. The zero-order valence-corrected chi connectivity index (χ0v) is 26.9. The van der Waals surface area contributed by atoms with E-state index in [-0.39, 0.29) is 29.4 Å². The number of rotatable bonds is 19. The molecule has 1 aliphatic heterocycles. The predicted molar refractivity (Wildman–Crippen MR) is 171 cm³/mol. The van der Waals surface area contributed by atoms with Crippen LogP contribution in [0, 0.1) is 0 Å². The first-order valence-electron chi connectivity index (χ1n) is 15.8. The van der Waals surface area contributed by atoms with E-state index in [4.69, 9.17) is 21.1 Å². The number of imide groups is 1. The van der Waals surface area contributed by atoms with E-state index in [2.05, 4.69) is 12.2 Å². The number of amides is 4. The third-order valence-electron chi connectivity index (χ3n) is 7.66. The van der Waals surface area contributed by atoms with Gasteiger partial charge in [0.15, 0.2) is 0 Å². The van der Waals surface area contributed by atoms with E-state index in [1.54, 1.807) is 6.92 Å². The Labute approximate surface area is 266 Å². The van der Waals surface area contributed by atoms with E-state index >= 15 is 0 Å². The largest absolute Gasteiger partial charge is 0.462 e. The van der Waals surface area contributed by atoms with Crippen molar-refractivity contribution in [2.45, 2.75) is 104 Å². The number of unbranched alkanes of at least 4 members (excludes halogenated alkanes) is 9. The molecule has 1 saturated heterocycles. The van der Waals surface area contributed by atoms with Crippen molar-refractivity contribution in [3.8, 4) is 0 Å². The zero-order valence-electron chi connectivity index (χ0n) is 26.2. The molecule has 1 aliphatic rings. The van der Waals surface area contributed by atoms with Crippen LogP contribution in [0.25, 0.3) is 0 Å². The van der Waals surface area contributed by atoms with Crippen molar-refractivity contribution in [3.05, 3.63) is 64.7 Å². The molecule has 44 heavy (non-hydrogen) atoms. The lowest BCUT2D eigenvalue weighted by Crippen LogP contribution is -2.46. The van der Waals surface area contributed by atoms with Crippen molar-refractivity contribution in [3.63, 3.8) is 0 Å². The average Bonchev–Trinajstić information content (AvgIpc) is 3.24. The number of benzene rings is 2. The summed E-state index contributed by atoms with van der Waals surface area (Å²) < 4.78 is 11.0. The Morgan fingerprint density at radius 1 is 0.909 bits per heavy atom. The molecule has 0 aliphatic carbocycles. The van der Waals surface area contributed by atoms with Gasteiger partial charge in [0.25, 0.3) is 5.91 Å². The number of halogens is 1. The van der Waals surface area contributed by atoms with Crippen molar-refractivity contribution < 1.29 is 28.7 Å². The third-order valence-corrected chi connectivity index (χ3v) is 7.99. The molecule has 2 atom stereocenters. The minimum atomic E-state index is -1.17. The number of anilines is 1. The van der Waals surface area contributed by atoms with E-state index in [1.165, 1.54) is 75.0 Å². The van der Waals surface area contributed by atoms with Crippen LogP contribution >= 0.6 is 11.6 Å². The molecule has 0 aromatic heterocycles. The molecule has 240 valence electrons. The number of hydrogen-bond acceptors (Lipinski definition) is 6. The van der Waals surface area contributed by atoms with Crippen molar-refractivity contribution in [2.75, 3.05) is 18.5 Å². The van der Waals surface area contributed by atoms with Crippen LogP contribution < -0.4 is 5.32 Å². The summed E-state index contributed by atoms with van der Waals surface area (Å²) in [6.07, 6.45) is 10.7. The number of hydrogen-bond donors (Lipinski definition) is 1. The van der Waals surface area contributed by atoms with Crippen molar-refractivity contribution in [2.24, 2.45) is 0 Å². The van der Waals surface area contributed by atoms with Gasteiger partial charge in [-0.1, -0.05) is 107 Å². The first kappa shape index (κ1) is 35.1. The molecule has 1 heterocycles. The number of nitrogens with zero attached hydrogens (tertiary/aromatic N) is 2. The van der Waals surface area contributed by atoms with Crippen LogP contribution in [0.5, 0.6) is 0 Å². The lowest BCUT2D eigenvalue weighted by Gasteiger charge is -2.23. The molecular formula is C34H46ClN3O6. The van der Waals surface area contributed by atoms with Crippen molar-refractivity contribution >= 4 is 41.1 Å². The smallest absolute Gasteiger partial charge is 0.338 e. The highest BCUT2D eigenvalue weighted by Crippen LogP contribution is 2.27.